The molecule has 0 unspecified atom stereocenters. The van der Waals surface area contributed by atoms with Gasteiger partial charge in [-0.15, -0.1) is 0 Å². The molecule has 1 aliphatic rings. The number of hydrogen-bond acceptors (Lipinski definition) is 5. The number of amides is 1. The molecule has 1 aliphatic heterocycles. The molecule has 0 atom stereocenters. The van der Waals surface area contributed by atoms with E-state index in [1.807, 2.05) is 0 Å². The van der Waals surface area contributed by atoms with E-state index < -0.39 is 9.84 Å². The summed E-state index contributed by atoms with van der Waals surface area (Å²) in [5.41, 5.74) is 0.644. The van der Waals surface area contributed by atoms with Gasteiger partial charge in [0.2, 0.25) is 0 Å². The lowest BCUT2D eigenvalue weighted by molar-refractivity contribution is 0.0644. The van der Waals surface area contributed by atoms with Gasteiger partial charge in [-0.25, -0.2) is 8.42 Å². The van der Waals surface area contributed by atoms with Gasteiger partial charge in [-0.2, -0.15) is 0 Å². The zero-order chi connectivity index (χ0) is 16.2. The number of hydrogen-bond donors (Lipinski definition) is 0. The molecule has 1 amide bonds. The van der Waals surface area contributed by atoms with Crippen molar-refractivity contribution in [2.24, 2.45) is 0 Å². The molecule has 1 aromatic rings. The van der Waals surface area contributed by atoms with Gasteiger partial charge in [0.25, 0.3) is 5.91 Å². The number of piperazine rings is 1. The first-order valence-electron chi connectivity index (χ1n) is 7.22. The largest absolute Gasteiger partial charge is 0.497 e. The topological polar surface area (TPSA) is 66.9 Å². The van der Waals surface area contributed by atoms with E-state index in [4.69, 9.17) is 4.74 Å². The zero-order valence-corrected chi connectivity index (χ0v) is 13.8. The van der Waals surface area contributed by atoms with Crippen molar-refractivity contribution < 1.29 is 17.9 Å². The molecular weight excluding hydrogens is 304 g/mol. The Kier molecular flexibility index (Phi) is 5.42. The van der Waals surface area contributed by atoms with Crippen molar-refractivity contribution >= 4 is 15.7 Å². The fraction of sp³-hybridized carbons (Fsp3) is 0.533. The van der Waals surface area contributed by atoms with Crippen molar-refractivity contribution in [3.63, 3.8) is 0 Å². The van der Waals surface area contributed by atoms with Gasteiger partial charge in [0.05, 0.1) is 12.9 Å². The second-order valence-electron chi connectivity index (χ2n) is 5.49. The lowest BCUT2D eigenvalue weighted by atomic mass is 10.1. The predicted octanol–water partition coefficient (Wildman–Crippen LogP) is 0.498. The standard InChI is InChI=1S/C15H22N2O4S/c1-21-14-5-3-13(4-6-14)15(18)17-9-7-16(8-10-17)11-12-22(2,19)20/h3-6H,7-12H2,1-2H3. The molecule has 0 radical (unpaired) electrons. The number of ether oxygens (including phenoxy) is 1. The summed E-state index contributed by atoms with van der Waals surface area (Å²) in [5, 5.41) is 0. The maximum Gasteiger partial charge on any atom is 0.253 e. The van der Waals surface area contributed by atoms with Crippen LogP contribution in [0.1, 0.15) is 10.4 Å². The van der Waals surface area contributed by atoms with E-state index in [1.165, 1.54) is 6.26 Å². The van der Waals surface area contributed by atoms with Gasteiger partial charge >= 0.3 is 0 Å². The minimum absolute atomic E-state index is 0.00501. The molecule has 1 aromatic carbocycles. The van der Waals surface area contributed by atoms with E-state index in [1.54, 1.807) is 36.3 Å². The first kappa shape index (κ1) is 16.8. The fourth-order valence-electron chi connectivity index (χ4n) is 2.39. The summed E-state index contributed by atoms with van der Waals surface area (Å²) in [6, 6.07) is 7.07. The van der Waals surface area contributed by atoms with Crippen LogP contribution < -0.4 is 4.74 Å². The molecule has 7 heteroatoms. The molecule has 0 bridgehead atoms. The van der Waals surface area contributed by atoms with Crippen molar-refractivity contribution in [2.45, 2.75) is 0 Å². The molecule has 6 nitrogen and oxygen atoms in total. The molecule has 122 valence electrons. The van der Waals surface area contributed by atoms with Gasteiger partial charge in [0.1, 0.15) is 15.6 Å². The third kappa shape index (κ3) is 4.71. The predicted molar refractivity (Wildman–Crippen MR) is 85.0 cm³/mol. The summed E-state index contributed by atoms with van der Waals surface area (Å²) < 4.78 is 27.4. The molecule has 22 heavy (non-hydrogen) atoms. The highest BCUT2D eigenvalue weighted by Crippen LogP contribution is 2.14. The normalized spacial score (nSPS) is 16.5. The Hall–Kier alpha value is -1.60. The van der Waals surface area contributed by atoms with Crippen molar-refractivity contribution in [3.05, 3.63) is 29.8 Å². The summed E-state index contributed by atoms with van der Waals surface area (Å²) in [7, 11) is -1.35. The van der Waals surface area contributed by atoms with Crippen molar-refractivity contribution in [1.82, 2.24) is 9.80 Å². The van der Waals surface area contributed by atoms with Gasteiger partial charge in [-0.05, 0) is 24.3 Å². The van der Waals surface area contributed by atoms with E-state index in [9.17, 15) is 13.2 Å². The van der Waals surface area contributed by atoms with Gasteiger partial charge in [-0.1, -0.05) is 0 Å². The lowest BCUT2D eigenvalue weighted by Crippen LogP contribution is -2.49. The zero-order valence-electron chi connectivity index (χ0n) is 13.0. The van der Waals surface area contributed by atoms with Crippen LogP contribution in [0.15, 0.2) is 24.3 Å². The smallest absolute Gasteiger partial charge is 0.253 e. The Bertz CT molecular complexity index is 605. The third-order valence-corrected chi connectivity index (χ3v) is 4.70. The van der Waals surface area contributed by atoms with Crippen LogP contribution in [-0.2, 0) is 9.84 Å². The molecule has 2 rings (SSSR count). The Morgan fingerprint density at radius 3 is 2.23 bits per heavy atom. The Labute approximate surface area is 131 Å². The average molecular weight is 326 g/mol. The summed E-state index contributed by atoms with van der Waals surface area (Å²) in [6.07, 6.45) is 1.25. The van der Waals surface area contributed by atoms with E-state index in [2.05, 4.69) is 4.90 Å². The number of carbonyl (C=O) groups is 1. The van der Waals surface area contributed by atoms with Crippen LogP contribution in [0.25, 0.3) is 0 Å². The van der Waals surface area contributed by atoms with Crippen LogP contribution in [0.4, 0.5) is 0 Å². The molecule has 0 N–H and O–H groups in total. The highest BCUT2D eigenvalue weighted by molar-refractivity contribution is 7.90. The first-order valence-corrected chi connectivity index (χ1v) is 9.28. The quantitative estimate of drug-likeness (QED) is 0.788. The van der Waals surface area contributed by atoms with Gasteiger partial charge < -0.3 is 9.64 Å². The van der Waals surface area contributed by atoms with Crippen LogP contribution in [0.2, 0.25) is 0 Å². The molecule has 0 saturated carbocycles. The summed E-state index contributed by atoms with van der Waals surface area (Å²) >= 11 is 0. The van der Waals surface area contributed by atoms with Gasteiger partial charge in [0.15, 0.2) is 0 Å². The van der Waals surface area contributed by atoms with E-state index in [0.29, 0.717) is 38.3 Å². The van der Waals surface area contributed by atoms with Crippen molar-refractivity contribution in [2.75, 3.05) is 51.8 Å². The Morgan fingerprint density at radius 2 is 1.73 bits per heavy atom. The molecule has 1 fully saturated rings. The van der Waals surface area contributed by atoms with E-state index >= 15 is 0 Å². The molecule has 0 spiro atoms. The van der Waals surface area contributed by atoms with Crippen LogP contribution in [-0.4, -0.2) is 76.0 Å². The molecule has 0 aliphatic carbocycles. The van der Waals surface area contributed by atoms with Crippen LogP contribution in [0, 0.1) is 0 Å². The summed E-state index contributed by atoms with van der Waals surface area (Å²) in [6.45, 7) is 3.18. The number of methoxy groups -OCH3 is 1. The minimum atomic E-state index is -2.94. The van der Waals surface area contributed by atoms with Gasteiger partial charge in [-0.3, -0.25) is 9.69 Å². The third-order valence-electron chi connectivity index (χ3n) is 3.77. The molecule has 0 aromatic heterocycles. The molecular formula is C15H22N2O4S. The van der Waals surface area contributed by atoms with Crippen molar-refractivity contribution in [1.29, 1.82) is 0 Å². The van der Waals surface area contributed by atoms with Crippen LogP contribution >= 0.6 is 0 Å². The fourth-order valence-corrected chi connectivity index (χ4v) is 2.98. The van der Waals surface area contributed by atoms with Crippen molar-refractivity contribution in [3.8, 4) is 5.75 Å². The van der Waals surface area contributed by atoms with Crippen LogP contribution in [0.3, 0.4) is 0 Å². The molecule has 1 saturated heterocycles. The lowest BCUT2D eigenvalue weighted by Gasteiger charge is -2.34. The monoisotopic (exact) mass is 326 g/mol. The summed E-state index contributed by atoms with van der Waals surface area (Å²) in [5.74, 6) is 0.895. The van der Waals surface area contributed by atoms with Crippen LogP contribution in [0.5, 0.6) is 5.75 Å². The maximum absolute atomic E-state index is 12.4. The SMILES string of the molecule is COc1ccc(C(=O)N2CCN(CCS(C)(=O)=O)CC2)cc1. The number of carbonyl (C=O) groups excluding carboxylic acids is 1. The van der Waals surface area contributed by atoms with E-state index in [-0.39, 0.29) is 11.7 Å². The Balaban J connectivity index is 1.86. The Morgan fingerprint density at radius 1 is 1.14 bits per heavy atom. The number of rotatable bonds is 5. The van der Waals surface area contributed by atoms with E-state index in [0.717, 1.165) is 5.75 Å². The highest BCUT2D eigenvalue weighted by atomic mass is 32.2. The first-order chi connectivity index (χ1) is 10.4. The number of sulfone groups is 1. The second-order valence-corrected chi connectivity index (χ2v) is 7.75. The minimum Gasteiger partial charge on any atom is -0.497 e. The summed E-state index contributed by atoms with van der Waals surface area (Å²) in [4.78, 5) is 16.3. The highest BCUT2D eigenvalue weighted by Gasteiger charge is 2.22. The number of nitrogens with zero attached hydrogens (tertiary/aromatic N) is 2. The second kappa shape index (κ2) is 7.11. The molecule has 1 heterocycles. The average Bonchev–Trinajstić information content (AvgIpc) is 2.52. The number of benzene rings is 1. The van der Waals surface area contributed by atoms with Gasteiger partial charge in [0, 0.05) is 44.5 Å². The maximum atomic E-state index is 12.4.